The number of nitrogens with one attached hydrogen (secondary N) is 1. The van der Waals surface area contributed by atoms with E-state index in [4.69, 9.17) is 48.1 Å². The molecule has 0 aliphatic carbocycles. The highest BCUT2D eigenvalue weighted by atomic mass is 31.2. The van der Waals surface area contributed by atoms with Crippen molar-refractivity contribution in [2.75, 3.05) is 38.9 Å². The van der Waals surface area contributed by atoms with Gasteiger partial charge < -0.3 is 31.2 Å². The van der Waals surface area contributed by atoms with E-state index in [0.717, 1.165) is 14.2 Å². The number of hydrogen-bond donors (Lipinski definition) is 5. The summed E-state index contributed by atoms with van der Waals surface area (Å²) in [7, 11) is -6.98. The number of aliphatic hydroxyl groups excluding tert-OH is 2. The normalized spacial score (nSPS) is 36.6. The van der Waals surface area contributed by atoms with Gasteiger partial charge in [0.05, 0.1) is 25.9 Å². The Morgan fingerprint density at radius 3 is 1.94 bits per heavy atom. The summed E-state index contributed by atoms with van der Waals surface area (Å²) in [6.07, 6.45) is -7.79. The fourth-order valence-corrected chi connectivity index (χ4v) is 7.77. The Balaban J connectivity index is 1.20. The van der Waals surface area contributed by atoms with E-state index in [9.17, 15) is 24.1 Å². The Kier molecular flexibility index (Phi) is 8.14. The van der Waals surface area contributed by atoms with Gasteiger partial charge in [-0.05, 0) is 0 Å². The van der Waals surface area contributed by atoms with Crippen molar-refractivity contribution in [1.29, 1.82) is 0 Å². The van der Waals surface area contributed by atoms with Gasteiger partial charge >= 0.3 is 15.6 Å². The van der Waals surface area contributed by atoms with Crippen molar-refractivity contribution in [3.05, 3.63) is 29.3 Å². The summed E-state index contributed by atoms with van der Waals surface area (Å²) in [5.74, 6) is -0.149. The average Bonchev–Trinajstić information content (AvgIpc) is 3.80. The van der Waals surface area contributed by atoms with Crippen LogP contribution in [0.15, 0.2) is 23.8 Å². The van der Waals surface area contributed by atoms with Crippen LogP contribution in [0.1, 0.15) is 12.5 Å². The molecule has 0 bridgehead atoms. The van der Waals surface area contributed by atoms with Gasteiger partial charge in [-0.25, -0.2) is 29.1 Å². The molecule has 3 saturated heterocycles. The molecule has 4 aromatic rings. The van der Waals surface area contributed by atoms with Gasteiger partial charge in [-0.15, -0.1) is 0 Å². The van der Waals surface area contributed by atoms with E-state index in [2.05, 4.69) is 29.9 Å². The summed E-state index contributed by atoms with van der Waals surface area (Å²) in [5, 5.41) is 22.7. The van der Waals surface area contributed by atoms with Crippen molar-refractivity contribution in [1.82, 2.24) is 39.0 Å². The summed E-state index contributed by atoms with van der Waals surface area (Å²) < 4.78 is 74.8. The first-order valence-corrected chi connectivity index (χ1v) is 16.7. The lowest BCUT2D eigenvalue weighted by atomic mass is 10.1. The van der Waals surface area contributed by atoms with Crippen LogP contribution in [0.3, 0.4) is 0 Å². The van der Waals surface area contributed by atoms with E-state index < -0.39 is 83.5 Å². The van der Waals surface area contributed by atoms with Crippen LogP contribution in [0.5, 0.6) is 0 Å². The molecular weight excluding hydrogens is 674 g/mol. The molecule has 23 nitrogen and oxygen atoms in total. The monoisotopic (exact) mass is 702 g/mol. The van der Waals surface area contributed by atoms with Crippen LogP contribution in [0.4, 0.5) is 11.8 Å². The van der Waals surface area contributed by atoms with E-state index in [1.807, 2.05) is 0 Å². The fraction of sp³-hybridized carbons (Fsp3) is 0.545. The second-order valence-corrected chi connectivity index (χ2v) is 13.9. The molecule has 3 fully saturated rings. The number of aromatic amines is 1. The Morgan fingerprint density at radius 2 is 1.38 bits per heavy atom. The maximum absolute atomic E-state index is 13.7. The Morgan fingerprint density at radius 1 is 0.851 bits per heavy atom. The highest BCUT2D eigenvalue weighted by Crippen LogP contribution is 2.57. The van der Waals surface area contributed by atoms with Crippen LogP contribution in [0, 0.1) is 0 Å². The summed E-state index contributed by atoms with van der Waals surface area (Å²) >= 11 is 0. The first-order chi connectivity index (χ1) is 22.4. The summed E-state index contributed by atoms with van der Waals surface area (Å²) in [6, 6.07) is 0. The smallest absolute Gasteiger partial charge is 0.386 e. The average molecular weight is 702 g/mol. The molecular formula is C22H28N10O13P2. The molecule has 3 aliphatic rings. The van der Waals surface area contributed by atoms with Gasteiger partial charge in [0.15, 0.2) is 35.1 Å². The lowest BCUT2D eigenvalue weighted by Gasteiger charge is -2.29. The predicted molar refractivity (Wildman–Crippen MR) is 153 cm³/mol. The molecule has 0 spiro atoms. The van der Waals surface area contributed by atoms with Crippen molar-refractivity contribution < 1.29 is 56.0 Å². The highest BCUT2D eigenvalue weighted by Gasteiger charge is 2.54. The van der Waals surface area contributed by atoms with E-state index in [-0.39, 0.29) is 34.1 Å². The number of nitrogens with zero attached hydrogens (tertiary/aromatic N) is 7. The highest BCUT2D eigenvalue weighted by molar-refractivity contribution is 7.48. The molecule has 7 heterocycles. The molecule has 25 heteroatoms. The van der Waals surface area contributed by atoms with Crippen LogP contribution < -0.4 is 17.0 Å². The third-order valence-electron chi connectivity index (χ3n) is 7.75. The van der Waals surface area contributed by atoms with Crippen LogP contribution >= 0.6 is 15.6 Å². The number of fused-ring (bicyclic) bond motifs is 4. The van der Waals surface area contributed by atoms with Gasteiger partial charge in [-0.3, -0.25) is 46.1 Å². The second kappa shape index (κ2) is 11.9. The van der Waals surface area contributed by atoms with Gasteiger partial charge in [0, 0.05) is 14.2 Å². The first kappa shape index (κ1) is 32.1. The number of imidazole rings is 2. The van der Waals surface area contributed by atoms with Gasteiger partial charge in [-0.2, -0.15) is 4.98 Å². The third kappa shape index (κ3) is 5.53. The van der Waals surface area contributed by atoms with Crippen LogP contribution in [-0.4, -0.2) is 113 Å². The summed E-state index contributed by atoms with van der Waals surface area (Å²) in [5.41, 5.74) is 11.2. The minimum absolute atomic E-state index is 0.0426. The zero-order chi connectivity index (χ0) is 33.2. The number of nitrogen functional groups attached to an aromatic ring is 2. The molecule has 0 saturated carbocycles. The molecule has 0 radical (unpaired) electrons. The Bertz CT molecular complexity index is 1970. The van der Waals surface area contributed by atoms with Crippen LogP contribution in [0.25, 0.3) is 22.3 Å². The molecule has 47 heavy (non-hydrogen) atoms. The van der Waals surface area contributed by atoms with Crippen molar-refractivity contribution in [3.8, 4) is 0 Å². The number of phosphoric acid groups is 2. The van der Waals surface area contributed by atoms with E-state index >= 15 is 0 Å². The maximum Gasteiger partial charge on any atom is 0.475 e. The molecule has 4 aromatic heterocycles. The zero-order valence-electron chi connectivity index (χ0n) is 24.3. The quantitative estimate of drug-likeness (QED) is 0.159. The number of nitrogens with two attached hydrogens (primary N) is 2. The molecule has 3 aliphatic heterocycles. The van der Waals surface area contributed by atoms with Gasteiger partial charge in [-0.1, -0.05) is 0 Å². The van der Waals surface area contributed by atoms with Gasteiger partial charge in [0.25, 0.3) is 5.56 Å². The SMILES string of the molecule is COP1(=O)OC[C@H]2O[C@@H](n3cnc4c(=O)[nH]c(N)nc43)[C@@H](O)C2OP(=O)(OC)OC[C@H]2O[C@@H](n3cnc4c(N)ncnc43)[C@@H](O)C2O1. The number of ether oxygens (including phenoxy) is 2. The van der Waals surface area contributed by atoms with E-state index in [1.165, 1.54) is 28.1 Å². The number of phosphoric ester groups is 2. The Labute approximate surface area is 262 Å². The molecule has 7 rings (SSSR count). The topological polar surface area (TPSA) is 308 Å². The Hall–Kier alpha value is -3.44. The summed E-state index contributed by atoms with van der Waals surface area (Å²) in [4.78, 5) is 34.9. The fourth-order valence-electron chi connectivity index (χ4n) is 5.49. The first-order valence-electron chi connectivity index (χ1n) is 13.7. The number of aliphatic hydroxyl groups is 2. The predicted octanol–water partition coefficient (Wildman–Crippen LogP) is -1.03. The number of rotatable bonds is 4. The number of hydrogen-bond acceptors (Lipinski definition) is 20. The third-order valence-corrected chi connectivity index (χ3v) is 10.6. The zero-order valence-corrected chi connectivity index (χ0v) is 26.1. The minimum Gasteiger partial charge on any atom is -0.386 e. The second-order valence-electron chi connectivity index (χ2n) is 10.5. The number of anilines is 2. The van der Waals surface area contributed by atoms with E-state index in [1.54, 1.807) is 0 Å². The van der Waals surface area contributed by atoms with Crippen LogP contribution in [-0.2, 0) is 45.7 Å². The lowest BCUT2D eigenvalue weighted by molar-refractivity contribution is -0.0685. The van der Waals surface area contributed by atoms with Crippen molar-refractivity contribution in [2.24, 2.45) is 0 Å². The summed E-state index contributed by atoms with van der Waals surface area (Å²) in [6.45, 7) is -1.26. The number of H-pyrrole nitrogens is 1. The minimum atomic E-state index is -4.54. The molecule has 0 aromatic carbocycles. The van der Waals surface area contributed by atoms with Gasteiger partial charge in [0.1, 0.15) is 48.5 Å². The lowest BCUT2D eigenvalue weighted by Crippen LogP contribution is -2.39. The maximum atomic E-state index is 13.7. The van der Waals surface area contributed by atoms with Crippen molar-refractivity contribution >= 4 is 49.7 Å². The van der Waals surface area contributed by atoms with Gasteiger partial charge in [0.2, 0.25) is 5.95 Å². The molecule has 10 atom stereocenters. The largest absolute Gasteiger partial charge is 0.475 e. The van der Waals surface area contributed by atoms with Crippen LogP contribution in [0.2, 0.25) is 0 Å². The molecule has 254 valence electrons. The number of aromatic nitrogens is 8. The van der Waals surface area contributed by atoms with Crippen molar-refractivity contribution in [2.45, 2.75) is 49.1 Å². The van der Waals surface area contributed by atoms with Crippen molar-refractivity contribution in [3.63, 3.8) is 0 Å². The molecule has 7 N–H and O–H groups in total. The van der Waals surface area contributed by atoms with E-state index in [0.29, 0.717) is 0 Å². The standard InChI is InChI=1S/C22H28N10O13P2/c1-38-46(36)41-4-9-15(13(34)21(43-9)32-7-28-11-18(32)29-22(24)30-19(11)35)45-47(37,39-2)40-3-8-14(44-46)12(33)20(42-8)31-6-27-10-16(23)25-5-26-17(10)31/h5-9,12-15,20-21,33-34H,3-4H2,1-2H3,(H2,23,25,26)(H3,24,29,30,35)/t8-,9-,12+,13+,14?,15?,20-,21-,46?,47?/m1/s1. The molecule has 0 amide bonds. The molecule has 4 unspecified atom stereocenters.